The van der Waals surface area contributed by atoms with Crippen molar-refractivity contribution in [3.8, 4) is 0 Å². The van der Waals surface area contributed by atoms with E-state index in [1.807, 2.05) is 18.2 Å². The maximum atomic E-state index is 5.96. The SMILES string of the molecule is CN(Cc1cccc(Cl)c1)CC(C)(C)CBr. The summed E-state index contributed by atoms with van der Waals surface area (Å²) in [6, 6.07) is 8.05. The van der Waals surface area contributed by atoms with Crippen LogP contribution in [0.5, 0.6) is 0 Å². The Morgan fingerprint density at radius 3 is 2.62 bits per heavy atom. The van der Waals surface area contributed by atoms with Crippen LogP contribution in [0.15, 0.2) is 24.3 Å². The Bertz CT molecular complexity index is 338. The Labute approximate surface area is 112 Å². The minimum absolute atomic E-state index is 0.299. The van der Waals surface area contributed by atoms with Crippen molar-refractivity contribution in [3.05, 3.63) is 34.9 Å². The van der Waals surface area contributed by atoms with E-state index < -0.39 is 0 Å². The summed E-state index contributed by atoms with van der Waals surface area (Å²) in [5.74, 6) is 0. The van der Waals surface area contributed by atoms with E-state index >= 15 is 0 Å². The van der Waals surface area contributed by atoms with Crippen LogP contribution in [0.1, 0.15) is 19.4 Å². The van der Waals surface area contributed by atoms with Gasteiger partial charge in [-0.2, -0.15) is 0 Å². The fourth-order valence-electron chi connectivity index (χ4n) is 1.78. The van der Waals surface area contributed by atoms with Crippen LogP contribution in [-0.2, 0) is 6.54 Å². The molecule has 0 fully saturated rings. The normalized spacial score (nSPS) is 12.1. The van der Waals surface area contributed by atoms with Crippen molar-refractivity contribution in [1.82, 2.24) is 4.90 Å². The smallest absolute Gasteiger partial charge is 0.0409 e. The van der Waals surface area contributed by atoms with E-state index in [4.69, 9.17) is 11.6 Å². The predicted octanol–water partition coefficient (Wildman–Crippen LogP) is 4.19. The lowest BCUT2D eigenvalue weighted by atomic mass is 9.96. The summed E-state index contributed by atoms with van der Waals surface area (Å²) >= 11 is 9.51. The fraction of sp³-hybridized carbons (Fsp3) is 0.538. The number of halogens is 2. The van der Waals surface area contributed by atoms with Crippen LogP contribution in [0, 0.1) is 5.41 Å². The monoisotopic (exact) mass is 303 g/mol. The molecule has 0 unspecified atom stereocenters. The van der Waals surface area contributed by atoms with Crippen LogP contribution in [0.4, 0.5) is 0 Å². The van der Waals surface area contributed by atoms with E-state index in [2.05, 4.69) is 47.8 Å². The number of hydrogen-bond donors (Lipinski definition) is 0. The second kappa shape index (κ2) is 6.04. The first kappa shape index (κ1) is 14.0. The summed E-state index contributed by atoms with van der Waals surface area (Å²) in [5.41, 5.74) is 1.56. The van der Waals surface area contributed by atoms with E-state index in [0.717, 1.165) is 23.4 Å². The molecule has 0 radical (unpaired) electrons. The van der Waals surface area contributed by atoms with Gasteiger partial charge < -0.3 is 4.90 Å². The first-order valence-electron chi connectivity index (χ1n) is 5.42. The number of nitrogens with zero attached hydrogens (tertiary/aromatic N) is 1. The lowest BCUT2D eigenvalue weighted by molar-refractivity contribution is 0.226. The van der Waals surface area contributed by atoms with Gasteiger partial charge in [0.05, 0.1) is 0 Å². The number of alkyl halides is 1. The third-order valence-electron chi connectivity index (χ3n) is 2.40. The van der Waals surface area contributed by atoms with Crippen LogP contribution in [0.25, 0.3) is 0 Å². The highest BCUT2D eigenvalue weighted by Gasteiger charge is 2.18. The molecule has 16 heavy (non-hydrogen) atoms. The summed E-state index contributed by atoms with van der Waals surface area (Å²) in [6.45, 7) is 6.52. The summed E-state index contributed by atoms with van der Waals surface area (Å²) in [6.07, 6.45) is 0. The molecule has 90 valence electrons. The van der Waals surface area contributed by atoms with Crippen LogP contribution < -0.4 is 0 Å². The van der Waals surface area contributed by atoms with E-state index in [0.29, 0.717) is 5.41 Å². The Morgan fingerprint density at radius 2 is 2.06 bits per heavy atom. The molecule has 0 spiro atoms. The molecule has 1 nitrogen and oxygen atoms in total. The summed E-state index contributed by atoms with van der Waals surface area (Å²) in [5, 5.41) is 1.82. The minimum Gasteiger partial charge on any atom is -0.302 e. The topological polar surface area (TPSA) is 3.24 Å². The second-order valence-electron chi connectivity index (χ2n) is 5.10. The largest absolute Gasteiger partial charge is 0.302 e. The highest BCUT2D eigenvalue weighted by Crippen LogP contribution is 2.20. The van der Waals surface area contributed by atoms with Crippen molar-refractivity contribution < 1.29 is 0 Å². The quantitative estimate of drug-likeness (QED) is 0.737. The van der Waals surface area contributed by atoms with Crippen molar-refractivity contribution in [2.24, 2.45) is 5.41 Å². The van der Waals surface area contributed by atoms with Gasteiger partial charge in [0.2, 0.25) is 0 Å². The molecule has 0 aliphatic rings. The number of rotatable bonds is 5. The standard InChI is InChI=1S/C13H19BrClN/c1-13(2,9-14)10-16(3)8-11-5-4-6-12(15)7-11/h4-7H,8-10H2,1-3H3. The summed E-state index contributed by atoms with van der Waals surface area (Å²) in [7, 11) is 2.14. The molecule has 0 saturated heterocycles. The lowest BCUT2D eigenvalue weighted by Gasteiger charge is -2.28. The molecule has 0 bridgehead atoms. The molecule has 1 aromatic carbocycles. The second-order valence-corrected chi connectivity index (χ2v) is 6.10. The van der Waals surface area contributed by atoms with Gasteiger partial charge in [0.15, 0.2) is 0 Å². The van der Waals surface area contributed by atoms with Gasteiger partial charge >= 0.3 is 0 Å². The predicted molar refractivity (Wildman–Crippen MR) is 75.4 cm³/mol. The number of benzene rings is 1. The maximum absolute atomic E-state index is 5.96. The van der Waals surface area contributed by atoms with Gasteiger partial charge in [-0.05, 0) is 30.2 Å². The molecule has 0 atom stereocenters. The molecule has 0 aliphatic carbocycles. The minimum atomic E-state index is 0.299. The van der Waals surface area contributed by atoms with Gasteiger partial charge in [-0.25, -0.2) is 0 Å². The molecule has 0 aliphatic heterocycles. The zero-order valence-electron chi connectivity index (χ0n) is 10.1. The van der Waals surface area contributed by atoms with Gasteiger partial charge in [0, 0.05) is 23.4 Å². The lowest BCUT2D eigenvalue weighted by Crippen LogP contribution is -2.32. The van der Waals surface area contributed by atoms with Crippen LogP contribution >= 0.6 is 27.5 Å². The molecule has 1 aromatic rings. The van der Waals surface area contributed by atoms with Gasteiger partial charge in [-0.1, -0.05) is 53.5 Å². The first-order chi connectivity index (χ1) is 7.43. The third kappa shape index (κ3) is 4.86. The molecule has 1 rings (SSSR count). The van der Waals surface area contributed by atoms with E-state index in [1.165, 1.54) is 5.56 Å². The molecular formula is C13H19BrClN. The van der Waals surface area contributed by atoms with Gasteiger partial charge in [0.25, 0.3) is 0 Å². The van der Waals surface area contributed by atoms with Crippen molar-refractivity contribution >= 4 is 27.5 Å². The first-order valence-corrected chi connectivity index (χ1v) is 6.92. The molecule has 0 aromatic heterocycles. The molecule has 0 heterocycles. The van der Waals surface area contributed by atoms with Crippen LogP contribution in [-0.4, -0.2) is 23.8 Å². The third-order valence-corrected chi connectivity index (χ3v) is 4.15. The summed E-state index contributed by atoms with van der Waals surface area (Å²) in [4.78, 5) is 2.33. The average Bonchev–Trinajstić information content (AvgIpc) is 2.16. The van der Waals surface area contributed by atoms with Crippen LogP contribution in [0.2, 0.25) is 5.02 Å². The molecule has 0 N–H and O–H groups in total. The zero-order chi connectivity index (χ0) is 12.2. The van der Waals surface area contributed by atoms with Crippen molar-refractivity contribution in [2.75, 3.05) is 18.9 Å². The number of hydrogen-bond acceptors (Lipinski definition) is 1. The Morgan fingerprint density at radius 1 is 1.38 bits per heavy atom. The molecule has 3 heteroatoms. The average molecular weight is 305 g/mol. The van der Waals surface area contributed by atoms with E-state index in [9.17, 15) is 0 Å². The highest BCUT2D eigenvalue weighted by atomic mass is 79.9. The van der Waals surface area contributed by atoms with E-state index in [1.54, 1.807) is 0 Å². The summed E-state index contributed by atoms with van der Waals surface area (Å²) < 4.78 is 0. The van der Waals surface area contributed by atoms with Gasteiger partial charge in [-0.15, -0.1) is 0 Å². The Kier molecular flexibility index (Phi) is 5.29. The molecular weight excluding hydrogens is 286 g/mol. The van der Waals surface area contributed by atoms with E-state index in [-0.39, 0.29) is 0 Å². The fourth-order valence-corrected chi connectivity index (χ4v) is 2.17. The Hall–Kier alpha value is -0.0500. The zero-order valence-corrected chi connectivity index (χ0v) is 12.5. The molecule has 0 saturated carbocycles. The van der Waals surface area contributed by atoms with Gasteiger partial charge in [0.1, 0.15) is 0 Å². The molecule has 0 amide bonds. The Balaban J connectivity index is 2.55. The van der Waals surface area contributed by atoms with Crippen molar-refractivity contribution in [1.29, 1.82) is 0 Å². The maximum Gasteiger partial charge on any atom is 0.0409 e. The van der Waals surface area contributed by atoms with Gasteiger partial charge in [-0.3, -0.25) is 0 Å². The highest BCUT2D eigenvalue weighted by molar-refractivity contribution is 9.09. The van der Waals surface area contributed by atoms with Crippen molar-refractivity contribution in [2.45, 2.75) is 20.4 Å². The van der Waals surface area contributed by atoms with Crippen molar-refractivity contribution in [3.63, 3.8) is 0 Å². The van der Waals surface area contributed by atoms with Crippen LogP contribution in [0.3, 0.4) is 0 Å².